The molecule has 0 aromatic heterocycles. The molecule has 0 spiro atoms. The molecule has 0 aliphatic carbocycles. The molecule has 0 radical (unpaired) electrons. The van der Waals surface area contributed by atoms with Crippen LogP contribution in [-0.2, 0) is 9.47 Å². The lowest BCUT2D eigenvalue weighted by Gasteiger charge is -2.39. The standard InChI is InChI=1S/C16H28O8/c1-9(7-17)3-4-11(19)10(2)5-6-23-16-15(22)14(21)13(20)12(8-18)24-16/h3,5,11-22H,4,6-8H2,1-2H3/b9-3+,10-5+/t11-,12+,13+,14-,15+,16+/m0/s1. The first kappa shape index (κ1) is 21.2. The summed E-state index contributed by atoms with van der Waals surface area (Å²) in [5.74, 6) is 0. The van der Waals surface area contributed by atoms with Gasteiger partial charge in [0.05, 0.1) is 25.9 Å². The molecule has 140 valence electrons. The molecule has 6 N–H and O–H groups in total. The number of ether oxygens (including phenoxy) is 2. The second-order valence-corrected chi connectivity index (χ2v) is 5.94. The van der Waals surface area contributed by atoms with Gasteiger partial charge in [0.1, 0.15) is 24.4 Å². The van der Waals surface area contributed by atoms with E-state index in [0.29, 0.717) is 12.0 Å². The summed E-state index contributed by atoms with van der Waals surface area (Å²) in [6.07, 6.45) is -3.60. The zero-order valence-corrected chi connectivity index (χ0v) is 13.9. The average Bonchev–Trinajstić information content (AvgIpc) is 2.58. The van der Waals surface area contributed by atoms with Gasteiger partial charge in [0.25, 0.3) is 0 Å². The normalized spacial score (nSPS) is 33.6. The van der Waals surface area contributed by atoms with E-state index in [4.69, 9.17) is 19.7 Å². The number of hydrogen-bond donors (Lipinski definition) is 6. The second-order valence-electron chi connectivity index (χ2n) is 5.94. The van der Waals surface area contributed by atoms with Gasteiger partial charge in [-0.15, -0.1) is 0 Å². The third-order valence-electron chi connectivity index (χ3n) is 3.98. The van der Waals surface area contributed by atoms with Crippen LogP contribution >= 0.6 is 0 Å². The lowest BCUT2D eigenvalue weighted by Crippen LogP contribution is -2.59. The average molecular weight is 348 g/mol. The van der Waals surface area contributed by atoms with Crippen LogP contribution in [0.2, 0.25) is 0 Å². The van der Waals surface area contributed by atoms with E-state index >= 15 is 0 Å². The lowest BCUT2D eigenvalue weighted by atomic mass is 9.99. The van der Waals surface area contributed by atoms with Crippen LogP contribution in [0.1, 0.15) is 20.3 Å². The second kappa shape index (κ2) is 10.2. The minimum atomic E-state index is -1.48. The Morgan fingerprint density at radius 1 is 1.08 bits per heavy atom. The van der Waals surface area contributed by atoms with Gasteiger partial charge < -0.3 is 40.1 Å². The third-order valence-corrected chi connectivity index (χ3v) is 3.98. The van der Waals surface area contributed by atoms with Crippen molar-refractivity contribution in [1.29, 1.82) is 0 Å². The zero-order valence-electron chi connectivity index (χ0n) is 13.9. The maximum absolute atomic E-state index is 9.97. The Hall–Kier alpha value is -0.840. The van der Waals surface area contributed by atoms with E-state index < -0.39 is 43.4 Å². The minimum Gasteiger partial charge on any atom is -0.394 e. The number of aliphatic hydroxyl groups excluding tert-OH is 6. The zero-order chi connectivity index (χ0) is 18.3. The smallest absolute Gasteiger partial charge is 0.187 e. The number of aliphatic hydroxyl groups is 6. The first-order valence-electron chi connectivity index (χ1n) is 7.85. The van der Waals surface area contributed by atoms with Gasteiger partial charge >= 0.3 is 0 Å². The topological polar surface area (TPSA) is 140 Å². The fourth-order valence-electron chi connectivity index (χ4n) is 2.18. The van der Waals surface area contributed by atoms with Crippen molar-refractivity contribution in [1.82, 2.24) is 0 Å². The summed E-state index contributed by atoms with van der Waals surface area (Å²) in [7, 11) is 0. The fraction of sp³-hybridized carbons (Fsp3) is 0.750. The minimum absolute atomic E-state index is 0.00821. The van der Waals surface area contributed by atoms with E-state index in [0.717, 1.165) is 5.57 Å². The maximum atomic E-state index is 9.97. The van der Waals surface area contributed by atoms with Gasteiger partial charge in [0.15, 0.2) is 6.29 Å². The van der Waals surface area contributed by atoms with E-state index in [9.17, 15) is 20.4 Å². The molecule has 1 fully saturated rings. The maximum Gasteiger partial charge on any atom is 0.187 e. The molecule has 1 heterocycles. The molecule has 0 bridgehead atoms. The number of hydrogen-bond acceptors (Lipinski definition) is 8. The van der Waals surface area contributed by atoms with E-state index in [1.807, 2.05) is 0 Å². The predicted octanol–water partition coefficient (Wildman–Crippen LogP) is -1.56. The summed E-state index contributed by atoms with van der Waals surface area (Å²) in [6, 6.07) is 0. The van der Waals surface area contributed by atoms with Gasteiger partial charge in [-0.3, -0.25) is 0 Å². The summed E-state index contributed by atoms with van der Waals surface area (Å²) >= 11 is 0. The largest absolute Gasteiger partial charge is 0.394 e. The molecular weight excluding hydrogens is 320 g/mol. The van der Waals surface area contributed by atoms with Crippen molar-refractivity contribution < 1.29 is 40.1 Å². The number of rotatable bonds is 8. The monoisotopic (exact) mass is 348 g/mol. The highest BCUT2D eigenvalue weighted by atomic mass is 16.7. The van der Waals surface area contributed by atoms with Crippen molar-refractivity contribution in [2.24, 2.45) is 0 Å². The predicted molar refractivity (Wildman–Crippen MR) is 84.9 cm³/mol. The van der Waals surface area contributed by atoms with Gasteiger partial charge in [-0.1, -0.05) is 17.7 Å². The molecule has 8 nitrogen and oxygen atoms in total. The Bertz CT molecular complexity index is 434. The van der Waals surface area contributed by atoms with Crippen molar-refractivity contribution >= 4 is 0 Å². The molecule has 8 heteroatoms. The molecule has 1 saturated heterocycles. The van der Waals surface area contributed by atoms with Crippen molar-refractivity contribution in [3.63, 3.8) is 0 Å². The Labute approximate surface area is 141 Å². The molecule has 0 saturated carbocycles. The summed E-state index contributed by atoms with van der Waals surface area (Å²) in [6.45, 7) is 2.90. The van der Waals surface area contributed by atoms with Crippen LogP contribution in [0, 0.1) is 0 Å². The highest BCUT2D eigenvalue weighted by Gasteiger charge is 2.43. The molecule has 24 heavy (non-hydrogen) atoms. The molecule has 1 aliphatic rings. The van der Waals surface area contributed by atoms with Crippen LogP contribution in [0.15, 0.2) is 23.3 Å². The Morgan fingerprint density at radius 2 is 1.75 bits per heavy atom. The molecule has 1 rings (SSSR count). The molecule has 0 aromatic carbocycles. The van der Waals surface area contributed by atoms with Crippen LogP contribution in [0.5, 0.6) is 0 Å². The van der Waals surface area contributed by atoms with Crippen molar-refractivity contribution in [3.8, 4) is 0 Å². The van der Waals surface area contributed by atoms with Crippen LogP contribution in [-0.4, -0.2) is 87.3 Å². The van der Waals surface area contributed by atoms with Crippen molar-refractivity contribution in [2.45, 2.75) is 57.1 Å². The SMILES string of the molecule is C/C(=C\C[C@H](O)/C(C)=C/CO[C@@H]1O[C@H](CO)[C@@H](O)[C@H](O)[C@H]1O)CO. The Balaban J connectivity index is 2.52. The Morgan fingerprint density at radius 3 is 2.33 bits per heavy atom. The first-order chi connectivity index (χ1) is 11.3. The van der Waals surface area contributed by atoms with Crippen LogP contribution in [0.25, 0.3) is 0 Å². The molecule has 1 aliphatic heterocycles. The third kappa shape index (κ3) is 5.91. The van der Waals surface area contributed by atoms with E-state index in [-0.39, 0.29) is 13.2 Å². The summed E-state index contributed by atoms with van der Waals surface area (Å²) in [5, 5.41) is 57.1. The highest BCUT2D eigenvalue weighted by molar-refractivity contribution is 5.09. The van der Waals surface area contributed by atoms with Crippen LogP contribution in [0.3, 0.4) is 0 Å². The van der Waals surface area contributed by atoms with Gasteiger partial charge in [-0.2, -0.15) is 0 Å². The molecule has 6 atom stereocenters. The van der Waals surface area contributed by atoms with Crippen molar-refractivity contribution in [2.75, 3.05) is 19.8 Å². The van der Waals surface area contributed by atoms with E-state index in [1.54, 1.807) is 26.0 Å². The first-order valence-corrected chi connectivity index (χ1v) is 7.85. The summed E-state index contributed by atoms with van der Waals surface area (Å²) in [5.41, 5.74) is 1.40. The van der Waals surface area contributed by atoms with Gasteiger partial charge in [0.2, 0.25) is 0 Å². The molecular formula is C16H28O8. The van der Waals surface area contributed by atoms with E-state index in [1.165, 1.54) is 0 Å². The van der Waals surface area contributed by atoms with Gasteiger partial charge in [-0.05, 0) is 25.8 Å². The van der Waals surface area contributed by atoms with Crippen LogP contribution in [0.4, 0.5) is 0 Å². The van der Waals surface area contributed by atoms with Gasteiger partial charge in [-0.25, -0.2) is 0 Å². The summed E-state index contributed by atoms with van der Waals surface area (Å²) < 4.78 is 10.5. The highest BCUT2D eigenvalue weighted by Crippen LogP contribution is 2.22. The van der Waals surface area contributed by atoms with E-state index in [2.05, 4.69) is 0 Å². The summed E-state index contributed by atoms with van der Waals surface area (Å²) in [4.78, 5) is 0. The Kier molecular flexibility index (Phi) is 9.03. The van der Waals surface area contributed by atoms with Crippen LogP contribution < -0.4 is 0 Å². The fourth-order valence-corrected chi connectivity index (χ4v) is 2.18. The molecule has 0 amide bonds. The molecule has 0 unspecified atom stereocenters. The quantitative estimate of drug-likeness (QED) is 0.289. The van der Waals surface area contributed by atoms with Gasteiger partial charge in [0, 0.05) is 0 Å². The van der Waals surface area contributed by atoms with Crippen molar-refractivity contribution in [3.05, 3.63) is 23.3 Å². The lowest BCUT2D eigenvalue weighted by molar-refractivity contribution is -0.298. The molecule has 0 aromatic rings.